The van der Waals surface area contributed by atoms with Gasteiger partial charge in [0.05, 0.1) is 17.3 Å². The first kappa shape index (κ1) is 22.6. The number of benzene rings is 3. The van der Waals surface area contributed by atoms with E-state index in [4.69, 9.17) is 4.98 Å². The van der Waals surface area contributed by atoms with Crippen LogP contribution >= 0.6 is 0 Å². The molecule has 1 aromatic heterocycles. The van der Waals surface area contributed by atoms with Gasteiger partial charge in [0.1, 0.15) is 11.6 Å². The number of fused-ring (bicyclic) bond motifs is 2. The second kappa shape index (κ2) is 8.64. The van der Waals surface area contributed by atoms with Crippen LogP contribution in [0.2, 0.25) is 0 Å². The van der Waals surface area contributed by atoms with Gasteiger partial charge in [-0.3, -0.25) is 10.1 Å². The van der Waals surface area contributed by atoms with Crippen LogP contribution in [0.25, 0.3) is 11.3 Å². The zero-order valence-corrected chi connectivity index (χ0v) is 20.6. The lowest BCUT2D eigenvalue weighted by Gasteiger charge is -2.43. The number of hydrogen-bond acceptors (Lipinski definition) is 4. The summed E-state index contributed by atoms with van der Waals surface area (Å²) in [5.74, 6) is 1.13. The van der Waals surface area contributed by atoms with Crippen molar-refractivity contribution in [2.75, 3.05) is 0 Å². The molecule has 3 aromatic carbocycles. The number of aromatic amines is 1. The lowest BCUT2D eigenvalue weighted by Crippen LogP contribution is -2.60. The summed E-state index contributed by atoms with van der Waals surface area (Å²) in [7, 11) is 0. The molecule has 2 atom stereocenters. The van der Waals surface area contributed by atoms with Gasteiger partial charge >= 0.3 is 0 Å². The SMILES string of the molecule is Cc1[nH]c([C@@H]2Cc3ccccc3CN2C(=O)C2(C)Cc3ccc(O)cc3CN2)nc1-c1ccccc1. The van der Waals surface area contributed by atoms with Crippen molar-refractivity contribution in [3.05, 3.63) is 107 Å². The fourth-order valence-electron chi connectivity index (χ4n) is 5.65. The number of nitrogens with one attached hydrogen (secondary N) is 2. The summed E-state index contributed by atoms with van der Waals surface area (Å²) in [6, 6.07) is 23.8. The number of aromatic nitrogens is 2. The Bertz CT molecular complexity index is 1440. The number of phenols is 1. The molecule has 0 fully saturated rings. The minimum absolute atomic E-state index is 0.0658. The van der Waals surface area contributed by atoms with Crippen molar-refractivity contribution in [1.29, 1.82) is 0 Å². The van der Waals surface area contributed by atoms with E-state index in [0.29, 0.717) is 25.9 Å². The quantitative estimate of drug-likeness (QED) is 0.394. The van der Waals surface area contributed by atoms with E-state index in [9.17, 15) is 9.90 Å². The number of amides is 1. The summed E-state index contributed by atoms with van der Waals surface area (Å²) in [5, 5.41) is 13.4. The zero-order chi connectivity index (χ0) is 24.9. The lowest BCUT2D eigenvalue weighted by atomic mass is 9.83. The molecule has 1 amide bonds. The van der Waals surface area contributed by atoms with Crippen LogP contribution < -0.4 is 5.32 Å². The standard InChI is InChI=1S/C30H30N4O2/c1-19-27(20-8-4-3-5-9-20)33-28(32-19)26-15-21-10-6-7-11-23(21)18-34(26)29(36)30(2)16-22-12-13-25(35)14-24(22)17-31-30/h3-14,26,31,35H,15-18H2,1-2H3,(H,32,33)/t26-,30?/m0/s1. The second-order valence-corrected chi connectivity index (χ2v) is 10.2. The number of aromatic hydroxyl groups is 1. The van der Waals surface area contributed by atoms with Crippen molar-refractivity contribution in [3.8, 4) is 17.0 Å². The minimum atomic E-state index is -0.752. The maximum Gasteiger partial charge on any atom is 0.243 e. The minimum Gasteiger partial charge on any atom is -0.508 e. The highest BCUT2D eigenvalue weighted by atomic mass is 16.3. The Morgan fingerprint density at radius 3 is 2.56 bits per heavy atom. The molecular weight excluding hydrogens is 448 g/mol. The second-order valence-electron chi connectivity index (χ2n) is 10.2. The van der Waals surface area contributed by atoms with Gasteiger partial charge in [0.15, 0.2) is 0 Å². The first-order chi connectivity index (χ1) is 17.4. The number of carbonyl (C=O) groups excluding carboxylic acids is 1. The highest BCUT2D eigenvalue weighted by Crippen LogP contribution is 2.37. The van der Waals surface area contributed by atoms with Crippen molar-refractivity contribution >= 4 is 5.91 Å². The van der Waals surface area contributed by atoms with E-state index in [-0.39, 0.29) is 17.7 Å². The van der Waals surface area contributed by atoms with Crippen molar-refractivity contribution in [1.82, 2.24) is 20.2 Å². The van der Waals surface area contributed by atoms with E-state index < -0.39 is 5.54 Å². The summed E-state index contributed by atoms with van der Waals surface area (Å²) in [5.41, 5.74) is 6.80. The van der Waals surface area contributed by atoms with Gasteiger partial charge in [-0.05, 0) is 54.7 Å². The molecular formula is C30H30N4O2. The van der Waals surface area contributed by atoms with Crippen molar-refractivity contribution in [3.63, 3.8) is 0 Å². The van der Waals surface area contributed by atoms with Crippen LogP contribution in [0.5, 0.6) is 5.75 Å². The predicted molar refractivity (Wildman–Crippen MR) is 139 cm³/mol. The molecule has 0 saturated heterocycles. The third-order valence-corrected chi connectivity index (χ3v) is 7.65. The van der Waals surface area contributed by atoms with E-state index in [1.807, 2.05) is 49.1 Å². The summed E-state index contributed by atoms with van der Waals surface area (Å²) < 4.78 is 0. The Morgan fingerprint density at radius 2 is 1.75 bits per heavy atom. The molecule has 0 radical (unpaired) electrons. The highest BCUT2D eigenvalue weighted by Gasteiger charge is 2.44. The molecule has 1 unspecified atom stereocenters. The Morgan fingerprint density at radius 1 is 1.00 bits per heavy atom. The van der Waals surface area contributed by atoms with Crippen LogP contribution in [0.4, 0.5) is 0 Å². The van der Waals surface area contributed by atoms with E-state index in [1.54, 1.807) is 12.1 Å². The monoisotopic (exact) mass is 478 g/mol. The van der Waals surface area contributed by atoms with Gasteiger partial charge in [-0.15, -0.1) is 0 Å². The number of H-pyrrole nitrogens is 1. The fraction of sp³-hybridized carbons (Fsp3) is 0.267. The molecule has 3 heterocycles. The molecule has 6 nitrogen and oxygen atoms in total. The Balaban J connectivity index is 1.38. The van der Waals surface area contributed by atoms with E-state index in [0.717, 1.165) is 33.9 Å². The van der Waals surface area contributed by atoms with Crippen LogP contribution in [-0.4, -0.2) is 31.4 Å². The molecule has 0 saturated carbocycles. The molecule has 6 rings (SSSR count). The average Bonchev–Trinajstić information content (AvgIpc) is 3.29. The van der Waals surface area contributed by atoms with E-state index in [2.05, 4.69) is 40.6 Å². The van der Waals surface area contributed by atoms with Crippen molar-refractivity contribution in [2.24, 2.45) is 0 Å². The third-order valence-electron chi connectivity index (χ3n) is 7.65. The number of hydrogen-bond donors (Lipinski definition) is 3. The summed E-state index contributed by atoms with van der Waals surface area (Å²) in [6.45, 7) is 5.11. The van der Waals surface area contributed by atoms with Crippen LogP contribution in [0.15, 0.2) is 72.8 Å². The van der Waals surface area contributed by atoms with Gasteiger partial charge < -0.3 is 15.0 Å². The number of imidazole rings is 1. The van der Waals surface area contributed by atoms with Gasteiger partial charge in [0, 0.05) is 30.8 Å². The third kappa shape index (κ3) is 3.88. The van der Waals surface area contributed by atoms with Gasteiger partial charge in [0.25, 0.3) is 0 Å². The normalized spacial score (nSPS) is 21.1. The van der Waals surface area contributed by atoms with Gasteiger partial charge in [-0.25, -0.2) is 4.98 Å². The largest absolute Gasteiger partial charge is 0.508 e. The number of aryl methyl sites for hydroxylation is 1. The van der Waals surface area contributed by atoms with Crippen LogP contribution in [0, 0.1) is 6.92 Å². The highest BCUT2D eigenvalue weighted by molar-refractivity contribution is 5.87. The van der Waals surface area contributed by atoms with Crippen LogP contribution in [0.1, 0.15) is 46.7 Å². The van der Waals surface area contributed by atoms with Crippen molar-refractivity contribution < 1.29 is 9.90 Å². The zero-order valence-electron chi connectivity index (χ0n) is 20.6. The summed E-state index contributed by atoms with van der Waals surface area (Å²) in [4.78, 5) is 24.8. The molecule has 182 valence electrons. The molecule has 2 aliphatic heterocycles. The van der Waals surface area contributed by atoms with E-state index >= 15 is 0 Å². The smallest absolute Gasteiger partial charge is 0.243 e. The lowest BCUT2D eigenvalue weighted by molar-refractivity contribution is -0.142. The average molecular weight is 479 g/mol. The van der Waals surface area contributed by atoms with Crippen LogP contribution in [0.3, 0.4) is 0 Å². The molecule has 0 spiro atoms. The molecule has 4 aromatic rings. The van der Waals surface area contributed by atoms with Gasteiger partial charge in [-0.1, -0.05) is 60.7 Å². The number of phenolic OH excluding ortho intramolecular Hbond substituents is 1. The first-order valence-corrected chi connectivity index (χ1v) is 12.5. The fourth-order valence-corrected chi connectivity index (χ4v) is 5.65. The molecule has 36 heavy (non-hydrogen) atoms. The topological polar surface area (TPSA) is 81.2 Å². The molecule has 3 N–H and O–H groups in total. The molecule has 0 aliphatic carbocycles. The number of carbonyl (C=O) groups is 1. The van der Waals surface area contributed by atoms with Crippen LogP contribution in [-0.2, 0) is 30.7 Å². The maximum absolute atomic E-state index is 14.3. The Labute approximate surface area is 211 Å². The predicted octanol–water partition coefficient (Wildman–Crippen LogP) is 4.82. The molecule has 0 bridgehead atoms. The van der Waals surface area contributed by atoms with Crippen molar-refractivity contribution in [2.45, 2.75) is 51.4 Å². The molecule has 2 aliphatic rings. The number of nitrogens with zero attached hydrogens (tertiary/aromatic N) is 2. The number of rotatable bonds is 3. The maximum atomic E-state index is 14.3. The summed E-state index contributed by atoms with van der Waals surface area (Å²) in [6.07, 6.45) is 1.28. The Hall–Kier alpha value is -3.90. The molecule has 6 heteroatoms. The summed E-state index contributed by atoms with van der Waals surface area (Å²) >= 11 is 0. The first-order valence-electron chi connectivity index (χ1n) is 12.5. The Kier molecular flexibility index (Phi) is 5.41. The van der Waals surface area contributed by atoms with Gasteiger partial charge in [0.2, 0.25) is 5.91 Å². The van der Waals surface area contributed by atoms with E-state index in [1.165, 1.54) is 11.1 Å². The van der Waals surface area contributed by atoms with Gasteiger partial charge in [-0.2, -0.15) is 0 Å².